The van der Waals surface area contributed by atoms with Crippen molar-refractivity contribution in [2.24, 2.45) is 0 Å². The second kappa shape index (κ2) is 7.50. The number of anilines is 1. The Balaban J connectivity index is 1.78. The highest BCUT2D eigenvalue weighted by molar-refractivity contribution is 5.78. The Bertz CT molecular complexity index is 599. The quantitative estimate of drug-likeness (QED) is 0.901. The molecule has 0 aromatic carbocycles. The summed E-state index contributed by atoms with van der Waals surface area (Å²) in [7, 11) is 0. The van der Waals surface area contributed by atoms with E-state index in [4.69, 9.17) is 0 Å². The van der Waals surface area contributed by atoms with Crippen molar-refractivity contribution in [1.82, 2.24) is 14.8 Å². The number of carbonyl (C=O) groups is 2. The highest BCUT2D eigenvalue weighted by Gasteiger charge is 2.32. The summed E-state index contributed by atoms with van der Waals surface area (Å²) in [6.45, 7) is 3.69. The minimum Gasteiger partial charge on any atom is -0.384 e. The zero-order chi connectivity index (χ0) is 17.7. The van der Waals surface area contributed by atoms with Crippen molar-refractivity contribution in [3.63, 3.8) is 0 Å². The molecule has 0 spiro atoms. The highest BCUT2D eigenvalue weighted by atomic mass is 19.4. The largest absolute Gasteiger partial charge is 0.433 e. The number of alkyl halides is 3. The van der Waals surface area contributed by atoms with E-state index in [9.17, 15) is 22.8 Å². The molecule has 0 atom stereocenters. The van der Waals surface area contributed by atoms with E-state index in [2.05, 4.69) is 10.3 Å². The number of aromatic nitrogens is 1. The van der Waals surface area contributed by atoms with Gasteiger partial charge in [0.05, 0.1) is 0 Å². The smallest absolute Gasteiger partial charge is 0.384 e. The van der Waals surface area contributed by atoms with Crippen LogP contribution >= 0.6 is 0 Å². The fourth-order valence-corrected chi connectivity index (χ4v) is 2.44. The number of rotatable bonds is 4. The van der Waals surface area contributed by atoms with E-state index in [1.807, 2.05) is 0 Å². The molecule has 24 heavy (non-hydrogen) atoms. The van der Waals surface area contributed by atoms with Crippen molar-refractivity contribution in [1.29, 1.82) is 0 Å². The van der Waals surface area contributed by atoms with Crippen LogP contribution in [0.3, 0.4) is 0 Å². The van der Waals surface area contributed by atoms with Gasteiger partial charge in [0.2, 0.25) is 11.8 Å². The molecule has 0 aliphatic carbocycles. The van der Waals surface area contributed by atoms with Crippen LogP contribution in [-0.2, 0) is 15.8 Å². The minimum atomic E-state index is -4.50. The van der Waals surface area contributed by atoms with Crippen LogP contribution in [0.5, 0.6) is 0 Å². The predicted octanol–water partition coefficient (Wildman–Crippen LogP) is 1.59. The van der Waals surface area contributed by atoms with Gasteiger partial charge >= 0.3 is 6.18 Å². The minimum absolute atomic E-state index is 0.0121. The van der Waals surface area contributed by atoms with Crippen LogP contribution in [0.2, 0.25) is 0 Å². The molecular formula is C15H19F3N4O2. The summed E-state index contributed by atoms with van der Waals surface area (Å²) < 4.78 is 37.7. The second-order valence-corrected chi connectivity index (χ2v) is 5.49. The fraction of sp³-hybridized carbons (Fsp3) is 0.533. The molecule has 2 rings (SSSR count). The maximum atomic E-state index is 12.6. The zero-order valence-corrected chi connectivity index (χ0v) is 13.3. The Hall–Kier alpha value is -2.32. The Labute approximate surface area is 137 Å². The Morgan fingerprint density at radius 1 is 1.21 bits per heavy atom. The summed E-state index contributed by atoms with van der Waals surface area (Å²) in [6, 6.07) is 2.33. The van der Waals surface area contributed by atoms with Gasteiger partial charge in [-0.05, 0) is 12.1 Å². The van der Waals surface area contributed by atoms with E-state index >= 15 is 0 Å². The molecule has 0 unspecified atom stereocenters. The predicted molar refractivity (Wildman–Crippen MR) is 81.2 cm³/mol. The van der Waals surface area contributed by atoms with Gasteiger partial charge in [0, 0.05) is 58.0 Å². The van der Waals surface area contributed by atoms with Gasteiger partial charge in [0.1, 0.15) is 5.69 Å². The first-order chi connectivity index (χ1) is 11.3. The second-order valence-electron chi connectivity index (χ2n) is 5.49. The summed E-state index contributed by atoms with van der Waals surface area (Å²) in [5, 5.41) is 2.80. The normalized spacial score (nSPS) is 15.3. The number of amides is 2. The number of pyridine rings is 1. The molecule has 2 amide bonds. The third-order valence-electron chi connectivity index (χ3n) is 3.80. The molecule has 1 aromatic rings. The van der Waals surface area contributed by atoms with Gasteiger partial charge in [-0.15, -0.1) is 0 Å². The van der Waals surface area contributed by atoms with Crippen LogP contribution in [-0.4, -0.2) is 59.3 Å². The molecule has 0 saturated carbocycles. The Morgan fingerprint density at radius 2 is 1.83 bits per heavy atom. The first kappa shape index (κ1) is 18.0. The van der Waals surface area contributed by atoms with E-state index in [0.29, 0.717) is 26.2 Å². The highest BCUT2D eigenvalue weighted by Crippen LogP contribution is 2.28. The molecular weight excluding hydrogens is 325 g/mol. The number of nitrogens with zero attached hydrogens (tertiary/aromatic N) is 3. The molecule has 0 radical (unpaired) electrons. The molecule has 1 fully saturated rings. The van der Waals surface area contributed by atoms with Gasteiger partial charge in [-0.2, -0.15) is 13.2 Å². The first-order valence-corrected chi connectivity index (χ1v) is 7.58. The number of hydrogen-bond acceptors (Lipinski definition) is 4. The van der Waals surface area contributed by atoms with E-state index in [1.54, 1.807) is 9.80 Å². The summed E-state index contributed by atoms with van der Waals surface area (Å²) in [5.74, 6) is -0.0993. The van der Waals surface area contributed by atoms with Crippen LogP contribution in [0.15, 0.2) is 18.3 Å². The van der Waals surface area contributed by atoms with Gasteiger partial charge in [-0.3, -0.25) is 14.6 Å². The van der Waals surface area contributed by atoms with Crippen molar-refractivity contribution in [2.45, 2.75) is 19.5 Å². The number of carbonyl (C=O) groups excluding carboxylic acids is 2. The lowest BCUT2D eigenvalue weighted by Crippen LogP contribution is -2.50. The van der Waals surface area contributed by atoms with Crippen LogP contribution in [0.1, 0.15) is 19.0 Å². The van der Waals surface area contributed by atoms with E-state index in [0.717, 1.165) is 12.3 Å². The molecule has 1 saturated heterocycles. The molecule has 1 N–H and O–H groups in total. The third kappa shape index (κ3) is 4.84. The third-order valence-corrected chi connectivity index (χ3v) is 3.80. The molecule has 132 valence electrons. The van der Waals surface area contributed by atoms with Gasteiger partial charge < -0.3 is 15.1 Å². The van der Waals surface area contributed by atoms with E-state index < -0.39 is 11.9 Å². The standard InChI is InChI=1S/C15H19F3N4O2/c1-11(23)21-6-8-22(9-7-21)14(24)3-5-19-12-2-4-20-13(10-12)15(16,17)18/h2,4,10H,3,5-9H2,1H3,(H,19,20). The van der Waals surface area contributed by atoms with Crippen LogP contribution in [0, 0.1) is 0 Å². The van der Waals surface area contributed by atoms with Gasteiger partial charge in [0.25, 0.3) is 0 Å². The Morgan fingerprint density at radius 3 is 2.42 bits per heavy atom. The lowest BCUT2D eigenvalue weighted by molar-refractivity contribution is -0.141. The molecule has 1 aliphatic rings. The zero-order valence-electron chi connectivity index (χ0n) is 13.3. The lowest BCUT2D eigenvalue weighted by atomic mass is 10.2. The maximum Gasteiger partial charge on any atom is 0.433 e. The average molecular weight is 344 g/mol. The number of halogens is 3. The van der Waals surface area contributed by atoms with Crippen LogP contribution in [0.25, 0.3) is 0 Å². The molecule has 9 heteroatoms. The van der Waals surface area contributed by atoms with Crippen LogP contribution in [0.4, 0.5) is 18.9 Å². The number of piperazine rings is 1. The van der Waals surface area contributed by atoms with Crippen molar-refractivity contribution < 1.29 is 22.8 Å². The van der Waals surface area contributed by atoms with Crippen molar-refractivity contribution in [3.8, 4) is 0 Å². The molecule has 1 aromatic heterocycles. The molecule has 6 nitrogen and oxygen atoms in total. The average Bonchev–Trinajstić information content (AvgIpc) is 2.54. The van der Waals surface area contributed by atoms with Crippen molar-refractivity contribution in [2.75, 3.05) is 38.0 Å². The first-order valence-electron chi connectivity index (χ1n) is 7.58. The van der Waals surface area contributed by atoms with Crippen molar-refractivity contribution in [3.05, 3.63) is 24.0 Å². The maximum absolute atomic E-state index is 12.6. The van der Waals surface area contributed by atoms with Gasteiger partial charge in [-0.1, -0.05) is 0 Å². The fourth-order valence-electron chi connectivity index (χ4n) is 2.44. The monoisotopic (exact) mass is 344 g/mol. The molecule has 2 heterocycles. The molecule has 0 bridgehead atoms. The van der Waals surface area contributed by atoms with Crippen molar-refractivity contribution >= 4 is 17.5 Å². The van der Waals surface area contributed by atoms with Gasteiger partial charge in [0.15, 0.2) is 0 Å². The SMILES string of the molecule is CC(=O)N1CCN(C(=O)CCNc2ccnc(C(F)(F)F)c2)CC1. The topological polar surface area (TPSA) is 65.5 Å². The van der Waals surface area contributed by atoms with E-state index in [-0.39, 0.29) is 30.5 Å². The van der Waals surface area contributed by atoms with Gasteiger partial charge in [-0.25, -0.2) is 0 Å². The number of nitrogens with one attached hydrogen (secondary N) is 1. The summed E-state index contributed by atoms with van der Waals surface area (Å²) >= 11 is 0. The lowest BCUT2D eigenvalue weighted by Gasteiger charge is -2.34. The Kier molecular flexibility index (Phi) is 5.63. The van der Waals surface area contributed by atoms with E-state index in [1.165, 1.54) is 13.0 Å². The summed E-state index contributed by atoms with van der Waals surface area (Å²) in [5.41, 5.74) is -0.703. The van der Waals surface area contributed by atoms with Crippen LogP contribution < -0.4 is 5.32 Å². The number of hydrogen-bond donors (Lipinski definition) is 1. The summed E-state index contributed by atoms with van der Waals surface area (Å²) in [4.78, 5) is 29.9. The molecule has 1 aliphatic heterocycles. The summed E-state index contributed by atoms with van der Waals surface area (Å²) in [6.07, 6.45) is -3.25.